The molecule has 1 aliphatic heterocycles. The zero-order chi connectivity index (χ0) is 19.2. The molecule has 0 aromatic heterocycles. The summed E-state index contributed by atoms with van der Waals surface area (Å²) in [6, 6.07) is 13.0. The third kappa shape index (κ3) is 4.39. The molecule has 0 aliphatic carbocycles. The van der Waals surface area contributed by atoms with Gasteiger partial charge >= 0.3 is 5.97 Å². The van der Waals surface area contributed by atoms with Gasteiger partial charge in [0.25, 0.3) is 5.91 Å². The number of hydrogen-bond donors (Lipinski definition) is 1. The number of amides is 1. The summed E-state index contributed by atoms with van der Waals surface area (Å²) in [5.41, 5.74) is 2.90. The second-order valence-corrected chi connectivity index (χ2v) is 6.18. The van der Waals surface area contributed by atoms with Crippen LogP contribution in [0.3, 0.4) is 0 Å². The van der Waals surface area contributed by atoms with Gasteiger partial charge in [-0.25, -0.2) is 4.79 Å². The average Bonchev–Trinajstić information content (AvgIpc) is 2.71. The summed E-state index contributed by atoms with van der Waals surface area (Å²) in [7, 11) is 0. The Morgan fingerprint density at radius 1 is 1.04 bits per heavy atom. The molecule has 0 radical (unpaired) electrons. The molecule has 1 amide bonds. The van der Waals surface area contributed by atoms with Gasteiger partial charge in [0.2, 0.25) is 6.10 Å². The van der Waals surface area contributed by atoms with Crippen molar-refractivity contribution in [3.63, 3.8) is 0 Å². The minimum absolute atomic E-state index is 0.0517. The standard InChI is InChI=1S/C21H23NO5/c1-3-14-8-7-9-15(4-2)20(14)22-19(23)13-26-21(24)18-12-25-16-10-5-6-11-17(16)27-18/h5-11,18H,3-4,12-13H2,1-2H3,(H,22,23). The van der Waals surface area contributed by atoms with Crippen molar-refractivity contribution in [3.05, 3.63) is 53.6 Å². The average molecular weight is 369 g/mol. The molecule has 0 saturated heterocycles. The Morgan fingerprint density at radius 3 is 2.37 bits per heavy atom. The third-order valence-electron chi connectivity index (χ3n) is 4.38. The lowest BCUT2D eigenvalue weighted by molar-refractivity contribution is -0.156. The van der Waals surface area contributed by atoms with E-state index in [9.17, 15) is 9.59 Å². The molecule has 2 aromatic rings. The van der Waals surface area contributed by atoms with Crippen molar-refractivity contribution in [1.29, 1.82) is 0 Å². The van der Waals surface area contributed by atoms with Gasteiger partial charge in [0.05, 0.1) is 0 Å². The van der Waals surface area contributed by atoms with Gasteiger partial charge in [0.1, 0.15) is 6.61 Å². The Kier molecular flexibility index (Phi) is 5.96. The molecule has 1 heterocycles. The zero-order valence-corrected chi connectivity index (χ0v) is 15.5. The van der Waals surface area contributed by atoms with Crippen molar-refractivity contribution in [2.24, 2.45) is 0 Å². The first-order chi connectivity index (χ1) is 13.1. The van der Waals surface area contributed by atoms with Crippen molar-refractivity contribution in [2.45, 2.75) is 32.8 Å². The lowest BCUT2D eigenvalue weighted by Crippen LogP contribution is -2.39. The molecule has 6 nitrogen and oxygen atoms in total. The monoisotopic (exact) mass is 369 g/mol. The van der Waals surface area contributed by atoms with E-state index in [2.05, 4.69) is 5.32 Å². The fourth-order valence-corrected chi connectivity index (χ4v) is 2.94. The van der Waals surface area contributed by atoms with E-state index in [1.807, 2.05) is 38.1 Å². The SMILES string of the molecule is CCc1cccc(CC)c1NC(=O)COC(=O)C1COc2ccccc2O1. The molecular weight excluding hydrogens is 346 g/mol. The van der Waals surface area contributed by atoms with E-state index in [-0.39, 0.29) is 19.1 Å². The number of fused-ring (bicyclic) bond motifs is 1. The number of carbonyl (C=O) groups is 2. The smallest absolute Gasteiger partial charge is 0.351 e. The number of benzene rings is 2. The van der Waals surface area contributed by atoms with E-state index >= 15 is 0 Å². The summed E-state index contributed by atoms with van der Waals surface area (Å²) in [6.07, 6.45) is 0.716. The summed E-state index contributed by atoms with van der Waals surface area (Å²) in [5, 5.41) is 2.87. The van der Waals surface area contributed by atoms with Crippen LogP contribution in [0.1, 0.15) is 25.0 Å². The molecular formula is C21H23NO5. The van der Waals surface area contributed by atoms with Crippen molar-refractivity contribution >= 4 is 17.6 Å². The van der Waals surface area contributed by atoms with Gasteiger partial charge in [-0.05, 0) is 36.1 Å². The van der Waals surface area contributed by atoms with Crippen molar-refractivity contribution in [3.8, 4) is 11.5 Å². The van der Waals surface area contributed by atoms with Crippen LogP contribution >= 0.6 is 0 Å². The van der Waals surface area contributed by atoms with Gasteiger partial charge in [0.15, 0.2) is 18.1 Å². The Balaban J connectivity index is 1.56. The van der Waals surface area contributed by atoms with Gasteiger partial charge in [0, 0.05) is 5.69 Å². The van der Waals surface area contributed by atoms with E-state index in [1.54, 1.807) is 18.2 Å². The summed E-state index contributed by atoms with van der Waals surface area (Å²) < 4.78 is 16.2. The second-order valence-electron chi connectivity index (χ2n) is 6.18. The topological polar surface area (TPSA) is 73.9 Å². The third-order valence-corrected chi connectivity index (χ3v) is 4.38. The Hall–Kier alpha value is -3.02. The van der Waals surface area contributed by atoms with Crippen LogP contribution in [-0.2, 0) is 27.2 Å². The molecule has 27 heavy (non-hydrogen) atoms. The maximum absolute atomic E-state index is 12.3. The van der Waals surface area contributed by atoms with Crippen LogP contribution in [0.4, 0.5) is 5.69 Å². The number of rotatable bonds is 6. The molecule has 6 heteroatoms. The molecule has 0 bridgehead atoms. The molecule has 1 aliphatic rings. The Labute approximate surface area is 158 Å². The van der Waals surface area contributed by atoms with Crippen molar-refractivity contribution in [2.75, 3.05) is 18.5 Å². The number of nitrogens with one attached hydrogen (secondary N) is 1. The quantitative estimate of drug-likeness (QED) is 0.792. The van der Waals surface area contributed by atoms with Gasteiger partial charge in [-0.3, -0.25) is 4.79 Å². The summed E-state index contributed by atoms with van der Waals surface area (Å²) >= 11 is 0. The number of ether oxygens (including phenoxy) is 3. The molecule has 0 spiro atoms. The minimum Gasteiger partial charge on any atom is -0.485 e. The zero-order valence-electron chi connectivity index (χ0n) is 15.5. The van der Waals surface area contributed by atoms with Crippen molar-refractivity contribution < 1.29 is 23.8 Å². The summed E-state index contributed by atoms with van der Waals surface area (Å²) in [6.45, 7) is 3.74. The number of aryl methyl sites for hydroxylation is 2. The lowest BCUT2D eigenvalue weighted by Gasteiger charge is -2.24. The van der Waals surface area contributed by atoms with Crippen molar-refractivity contribution in [1.82, 2.24) is 0 Å². The van der Waals surface area contributed by atoms with E-state index in [4.69, 9.17) is 14.2 Å². The highest BCUT2D eigenvalue weighted by atomic mass is 16.6. The largest absolute Gasteiger partial charge is 0.485 e. The Morgan fingerprint density at radius 2 is 1.70 bits per heavy atom. The van der Waals surface area contributed by atoms with Crippen LogP contribution in [0.5, 0.6) is 11.5 Å². The van der Waals surface area contributed by atoms with Gasteiger partial charge in [-0.2, -0.15) is 0 Å². The van der Waals surface area contributed by atoms with Gasteiger partial charge in [-0.15, -0.1) is 0 Å². The number of carbonyl (C=O) groups excluding carboxylic acids is 2. The molecule has 1 unspecified atom stereocenters. The van der Waals surface area contributed by atoms with Gasteiger partial charge in [-0.1, -0.05) is 44.2 Å². The number of esters is 1. The molecule has 2 aromatic carbocycles. The minimum atomic E-state index is -0.887. The van der Waals surface area contributed by atoms with Crippen LogP contribution in [0.2, 0.25) is 0 Å². The maximum atomic E-state index is 12.3. The second kappa shape index (κ2) is 8.58. The highest BCUT2D eigenvalue weighted by molar-refractivity contribution is 5.94. The van der Waals surface area contributed by atoms with E-state index in [0.29, 0.717) is 11.5 Å². The molecule has 0 saturated carbocycles. The first-order valence-corrected chi connectivity index (χ1v) is 9.08. The summed E-state index contributed by atoms with van der Waals surface area (Å²) in [4.78, 5) is 24.5. The predicted molar refractivity (Wildman–Crippen MR) is 101 cm³/mol. The van der Waals surface area contributed by atoms with Crippen LogP contribution < -0.4 is 14.8 Å². The highest BCUT2D eigenvalue weighted by Crippen LogP contribution is 2.31. The highest BCUT2D eigenvalue weighted by Gasteiger charge is 2.29. The molecule has 142 valence electrons. The molecule has 1 atom stereocenters. The molecule has 0 fully saturated rings. The first kappa shape index (κ1) is 18.8. The summed E-state index contributed by atoms with van der Waals surface area (Å²) in [5.74, 6) is 0.0670. The van der Waals surface area contributed by atoms with E-state index in [1.165, 1.54) is 0 Å². The maximum Gasteiger partial charge on any atom is 0.351 e. The fourth-order valence-electron chi connectivity index (χ4n) is 2.94. The number of anilines is 1. The van der Waals surface area contributed by atoms with Crippen LogP contribution in [0.25, 0.3) is 0 Å². The fraction of sp³-hybridized carbons (Fsp3) is 0.333. The lowest BCUT2D eigenvalue weighted by atomic mass is 10.0. The van der Waals surface area contributed by atoms with Crippen LogP contribution in [0, 0.1) is 0 Å². The predicted octanol–water partition coefficient (Wildman–Crippen LogP) is 3.13. The van der Waals surface area contributed by atoms with E-state index < -0.39 is 12.1 Å². The first-order valence-electron chi connectivity index (χ1n) is 9.08. The Bertz CT molecular complexity index is 811. The van der Waals surface area contributed by atoms with Crippen LogP contribution in [0.15, 0.2) is 42.5 Å². The van der Waals surface area contributed by atoms with Crippen LogP contribution in [-0.4, -0.2) is 31.2 Å². The molecule has 1 N–H and O–H groups in total. The van der Waals surface area contributed by atoms with E-state index in [0.717, 1.165) is 29.7 Å². The number of para-hydroxylation sites is 3. The normalized spacial score (nSPS) is 15.1. The molecule has 3 rings (SSSR count). The number of hydrogen-bond acceptors (Lipinski definition) is 5. The van der Waals surface area contributed by atoms with Gasteiger partial charge < -0.3 is 19.5 Å².